The van der Waals surface area contributed by atoms with Crippen LogP contribution in [0.25, 0.3) is 10.4 Å². The number of benzene rings is 1. The first-order valence-electron chi connectivity index (χ1n) is 6.05. The molecule has 0 bridgehead atoms. The normalized spacial score (nSPS) is 10.2. The van der Waals surface area contributed by atoms with Crippen molar-refractivity contribution in [3.8, 4) is 16.5 Å². The van der Waals surface area contributed by atoms with Gasteiger partial charge in [0.25, 0.3) is 0 Å². The fraction of sp³-hybridized carbons (Fsp3) is 0.286. The summed E-state index contributed by atoms with van der Waals surface area (Å²) in [5.41, 5.74) is 5.30. The van der Waals surface area contributed by atoms with Crippen LogP contribution in [0.5, 0.6) is 0 Å². The van der Waals surface area contributed by atoms with Gasteiger partial charge in [-0.3, -0.25) is 0 Å². The van der Waals surface area contributed by atoms with Gasteiger partial charge in [0, 0.05) is 13.2 Å². The van der Waals surface area contributed by atoms with Gasteiger partial charge >= 0.3 is 0 Å². The maximum Gasteiger partial charge on any atom is 0.101 e. The predicted molar refractivity (Wildman–Crippen MR) is 77.2 cm³/mol. The number of thiazole rings is 1. The number of aliphatic hydroxyl groups is 1. The highest BCUT2D eigenvalue weighted by atomic mass is 32.1. The minimum absolute atomic E-state index is 0.141. The van der Waals surface area contributed by atoms with Crippen molar-refractivity contribution in [1.29, 1.82) is 5.26 Å². The van der Waals surface area contributed by atoms with Crippen molar-refractivity contribution < 1.29 is 5.11 Å². The lowest BCUT2D eigenvalue weighted by Crippen LogP contribution is -2.05. The number of nitriles is 1. The fourth-order valence-electron chi connectivity index (χ4n) is 1.81. The van der Waals surface area contributed by atoms with Gasteiger partial charge in [0.2, 0.25) is 0 Å². The van der Waals surface area contributed by atoms with Crippen molar-refractivity contribution >= 4 is 17.0 Å². The van der Waals surface area contributed by atoms with E-state index in [2.05, 4.69) is 16.4 Å². The third-order valence-electron chi connectivity index (χ3n) is 2.80. The number of aryl methyl sites for hydroxylation is 1. The molecule has 0 aliphatic carbocycles. The van der Waals surface area contributed by atoms with Crippen LogP contribution in [0.15, 0.2) is 23.7 Å². The molecule has 0 saturated carbocycles. The Morgan fingerprint density at radius 2 is 2.32 bits per heavy atom. The first-order valence-corrected chi connectivity index (χ1v) is 6.93. The molecule has 1 aromatic carbocycles. The number of hydrogen-bond donors (Lipinski definition) is 2. The zero-order valence-corrected chi connectivity index (χ0v) is 11.5. The molecule has 19 heavy (non-hydrogen) atoms. The van der Waals surface area contributed by atoms with Crippen molar-refractivity contribution in [2.45, 2.75) is 13.3 Å². The molecule has 5 heteroatoms. The SMILES string of the molecule is Cc1ncsc1-c1ccc(C#N)c(NCCCO)c1. The van der Waals surface area contributed by atoms with E-state index in [1.165, 1.54) is 0 Å². The number of anilines is 1. The minimum Gasteiger partial charge on any atom is -0.396 e. The van der Waals surface area contributed by atoms with Gasteiger partial charge < -0.3 is 10.4 Å². The highest BCUT2D eigenvalue weighted by molar-refractivity contribution is 7.13. The standard InChI is InChI=1S/C14H15N3OS/c1-10-14(19-9-17-10)11-3-4-12(8-15)13(7-11)16-5-2-6-18/h3-4,7,9,16,18H,2,5-6H2,1H3. The van der Waals surface area contributed by atoms with Crippen LogP contribution < -0.4 is 5.32 Å². The Balaban J connectivity index is 2.31. The molecular formula is C14H15N3OS. The van der Waals surface area contributed by atoms with Gasteiger partial charge in [0.05, 0.1) is 27.3 Å². The smallest absolute Gasteiger partial charge is 0.101 e. The molecule has 2 aromatic rings. The van der Waals surface area contributed by atoms with E-state index < -0.39 is 0 Å². The molecule has 0 radical (unpaired) electrons. The van der Waals surface area contributed by atoms with E-state index >= 15 is 0 Å². The number of nitrogens with one attached hydrogen (secondary N) is 1. The van der Waals surface area contributed by atoms with Gasteiger partial charge in [-0.05, 0) is 31.0 Å². The first-order chi connectivity index (χ1) is 9.26. The second kappa shape index (κ2) is 6.32. The first kappa shape index (κ1) is 13.5. The lowest BCUT2D eigenvalue weighted by molar-refractivity contribution is 0.292. The highest BCUT2D eigenvalue weighted by Crippen LogP contribution is 2.30. The molecule has 0 amide bonds. The minimum atomic E-state index is 0.141. The number of nitrogens with zero attached hydrogens (tertiary/aromatic N) is 2. The topological polar surface area (TPSA) is 68.9 Å². The van der Waals surface area contributed by atoms with Crippen molar-refractivity contribution in [2.75, 3.05) is 18.5 Å². The summed E-state index contributed by atoms with van der Waals surface area (Å²) in [4.78, 5) is 5.36. The number of hydrogen-bond acceptors (Lipinski definition) is 5. The lowest BCUT2D eigenvalue weighted by Gasteiger charge is -2.09. The van der Waals surface area contributed by atoms with Gasteiger partial charge in [-0.25, -0.2) is 4.98 Å². The summed E-state index contributed by atoms with van der Waals surface area (Å²) >= 11 is 1.59. The van der Waals surface area contributed by atoms with Crippen LogP contribution in [-0.4, -0.2) is 23.2 Å². The summed E-state index contributed by atoms with van der Waals surface area (Å²) < 4.78 is 0. The maximum absolute atomic E-state index is 9.10. The third kappa shape index (κ3) is 3.11. The highest BCUT2D eigenvalue weighted by Gasteiger charge is 2.08. The van der Waals surface area contributed by atoms with E-state index in [1.807, 2.05) is 30.6 Å². The van der Waals surface area contributed by atoms with Gasteiger partial charge in [0.15, 0.2) is 0 Å². The molecule has 0 spiro atoms. The number of aromatic nitrogens is 1. The molecule has 98 valence electrons. The largest absolute Gasteiger partial charge is 0.396 e. The molecule has 4 nitrogen and oxygen atoms in total. The van der Waals surface area contributed by atoms with Crippen molar-refractivity contribution in [3.63, 3.8) is 0 Å². The Labute approximate surface area is 116 Å². The molecule has 2 N–H and O–H groups in total. The Hall–Kier alpha value is -1.90. The molecule has 0 unspecified atom stereocenters. The molecule has 0 aliphatic rings. The van der Waals surface area contributed by atoms with Crippen LogP contribution in [0.1, 0.15) is 17.7 Å². The van der Waals surface area contributed by atoms with Crippen molar-refractivity contribution in [2.24, 2.45) is 0 Å². The van der Waals surface area contributed by atoms with Crippen LogP contribution in [0.2, 0.25) is 0 Å². The summed E-state index contributed by atoms with van der Waals surface area (Å²) in [6, 6.07) is 7.90. The van der Waals surface area contributed by atoms with E-state index in [1.54, 1.807) is 11.3 Å². The van der Waals surface area contributed by atoms with Crippen LogP contribution in [0.4, 0.5) is 5.69 Å². The molecular weight excluding hydrogens is 258 g/mol. The Bertz CT molecular complexity index is 601. The average molecular weight is 273 g/mol. The summed E-state index contributed by atoms with van der Waals surface area (Å²) in [7, 11) is 0. The monoisotopic (exact) mass is 273 g/mol. The van der Waals surface area contributed by atoms with E-state index in [0.29, 0.717) is 18.5 Å². The summed E-state index contributed by atoms with van der Waals surface area (Å²) in [5.74, 6) is 0. The fourth-order valence-corrected chi connectivity index (χ4v) is 2.61. The van der Waals surface area contributed by atoms with Gasteiger partial charge in [-0.2, -0.15) is 5.26 Å². The van der Waals surface area contributed by atoms with Crippen molar-refractivity contribution in [3.05, 3.63) is 35.0 Å². The molecule has 0 atom stereocenters. The van der Waals surface area contributed by atoms with Crippen LogP contribution in [0.3, 0.4) is 0 Å². The number of aliphatic hydroxyl groups excluding tert-OH is 1. The maximum atomic E-state index is 9.10. The molecule has 0 fully saturated rings. The molecule has 2 rings (SSSR count). The quantitative estimate of drug-likeness (QED) is 0.822. The number of rotatable bonds is 5. The third-order valence-corrected chi connectivity index (χ3v) is 3.78. The van der Waals surface area contributed by atoms with Gasteiger partial charge in [-0.1, -0.05) is 6.07 Å². The zero-order chi connectivity index (χ0) is 13.7. The lowest BCUT2D eigenvalue weighted by atomic mass is 10.1. The second-order valence-corrected chi connectivity index (χ2v) is 5.00. The van der Waals surface area contributed by atoms with E-state index in [9.17, 15) is 0 Å². The molecule has 1 aromatic heterocycles. The summed E-state index contributed by atoms with van der Waals surface area (Å²) in [6.45, 7) is 2.77. The van der Waals surface area contributed by atoms with Gasteiger partial charge in [-0.15, -0.1) is 11.3 Å². The van der Waals surface area contributed by atoms with E-state index in [-0.39, 0.29) is 6.61 Å². The predicted octanol–water partition coefficient (Wildman–Crippen LogP) is 2.78. The zero-order valence-electron chi connectivity index (χ0n) is 10.7. The van der Waals surface area contributed by atoms with Crippen LogP contribution in [0, 0.1) is 18.3 Å². The molecule has 1 heterocycles. The van der Waals surface area contributed by atoms with E-state index in [4.69, 9.17) is 10.4 Å². The van der Waals surface area contributed by atoms with E-state index in [0.717, 1.165) is 21.8 Å². The Morgan fingerprint density at radius 3 is 2.95 bits per heavy atom. The Morgan fingerprint density at radius 1 is 1.47 bits per heavy atom. The average Bonchev–Trinajstić information content (AvgIpc) is 2.85. The van der Waals surface area contributed by atoms with Crippen LogP contribution in [-0.2, 0) is 0 Å². The molecule has 0 saturated heterocycles. The van der Waals surface area contributed by atoms with Gasteiger partial charge in [0.1, 0.15) is 6.07 Å². The second-order valence-electron chi connectivity index (χ2n) is 4.14. The summed E-state index contributed by atoms with van der Waals surface area (Å²) in [6.07, 6.45) is 0.661. The molecule has 0 aliphatic heterocycles. The Kier molecular flexibility index (Phi) is 4.50. The summed E-state index contributed by atoms with van der Waals surface area (Å²) in [5, 5.41) is 21.1. The van der Waals surface area contributed by atoms with Crippen molar-refractivity contribution in [1.82, 2.24) is 4.98 Å². The van der Waals surface area contributed by atoms with Crippen LogP contribution >= 0.6 is 11.3 Å².